The van der Waals surface area contributed by atoms with Crippen LogP contribution in [0.4, 0.5) is 0 Å². The fourth-order valence-corrected chi connectivity index (χ4v) is 3.61. The number of halogens is 1. The summed E-state index contributed by atoms with van der Waals surface area (Å²) in [5.41, 5.74) is 1.29. The number of benzene rings is 1. The van der Waals surface area contributed by atoms with Crippen LogP contribution in [0.2, 0.25) is 0 Å². The quantitative estimate of drug-likeness (QED) is 0.769. The SMILES string of the molecule is CCOc1cc(CNC2CCCC2)ccc1OC1CCCC1.Cl. The van der Waals surface area contributed by atoms with Gasteiger partial charge in [-0.2, -0.15) is 0 Å². The highest BCUT2D eigenvalue weighted by Crippen LogP contribution is 2.32. The van der Waals surface area contributed by atoms with Gasteiger partial charge in [0.05, 0.1) is 12.7 Å². The Kier molecular flexibility index (Phi) is 7.51. The average Bonchev–Trinajstić information content (AvgIpc) is 3.21. The van der Waals surface area contributed by atoms with Crippen LogP contribution in [0.3, 0.4) is 0 Å². The van der Waals surface area contributed by atoms with Gasteiger partial charge in [-0.1, -0.05) is 18.9 Å². The first-order valence-electron chi connectivity index (χ1n) is 9.01. The van der Waals surface area contributed by atoms with E-state index >= 15 is 0 Å². The van der Waals surface area contributed by atoms with Crippen molar-refractivity contribution in [2.45, 2.75) is 77.0 Å². The van der Waals surface area contributed by atoms with Gasteiger partial charge in [-0.25, -0.2) is 0 Å². The van der Waals surface area contributed by atoms with E-state index in [-0.39, 0.29) is 12.4 Å². The number of rotatable bonds is 7. The minimum atomic E-state index is 0. The Morgan fingerprint density at radius 2 is 1.70 bits per heavy atom. The summed E-state index contributed by atoms with van der Waals surface area (Å²) >= 11 is 0. The van der Waals surface area contributed by atoms with E-state index in [9.17, 15) is 0 Å². The molecule has 0 aliphatic heterocycles. The van der Waals surface area contributed by atoms with E-state index in [4.69, 9.17) is 9.47 Å². The summed E-state index contributed by atoms with van der Waals surface area (Å²) in [6.45, 7) is 3.64. The minimum absolute atomic E-state index is 0. The first-order chi connectivity index (χ1) is 10.8. The summed E-state index contributed by atoms with van der Waals surface area (Å²) in [5, 5.41) is 3.66. The zero-order valence-electron chi connectivity index (χ0n) is 14.2. The smallest absolute Gasteiger partial charge is 0.161 e. The Hall–Kier alpha value is -0.930. The van der Waals surface area contributed by atoms with Crippen LogP contribution in [0.15, 0.2) is 18.2 Å². The molecule has 0 bridgehead atoms. The highest BCUT2D eigenvalue weighted by Gasteiger charge is 2.19. The van der Waals surface area contributed by atoms with Gasteiger partial charge < -0.3 is 14.8 Å². The van der Waals surface area contributed by atoms with E-state index in [0.29, 0.717) is 18.8 Å². The highest BCUT2D eigenvalue weighted by atomic mass is 35.5. The summed E-state index contributed by atoms with van der Waals surface area (Å²) < 4.78 is 12.0. The van der Waals surface area contributed by atoms with Gasteiger partial charge in [0.15, 0.2) is 11.5 Å². The zero-order valence-corrected chi connectivity index (χ0v) is 15.0. The minimum Gasteiger partial charge on any atom is -0.490 e. The molecule has 2 fully saturated rings. The van der Waals surface area contributed by atoms with Crippen molar-refractivity contribution in [3.8, 4) is 11.5 Å². The van der Waals surface area contributed by atoms with Crippen molar-refractivity contribution in [1.82, 2.24) is 5.32 Å². The van der Waals surface area contributed by atoms with Gasteiger partial charge in [-0.05, 0) is 63.1 Å². The Morgan fingerprint density at radius 1 is 1.00 bits per heavy atom. The van der Waals surface area contributed by atoms with Crippen molar-refractivity contribution < 1.29 is 9.47 Å². The van der Waals surface area contributed by atoms with Gasteiger partial charge in [-0.15, -0.1) is 12.4 Å². The van der Waals surface area contributed by atoms with Crippen molar-refractivity contribution in [3.05, 3.63) is 23.8 Å². The molecular formula is C19H30ClNO2. The average molecular weight is 340 g/mol. The Labute approximate surface area is 146 Å². The lowest BCUT2D eigenvalue weighted by atomic mass is 10.1. The third-order valence-electron chi connectivity index (χ3n) is 4.85. The molecule has 1 aromatic rings. The number of hydrogen-bond donors (Lipinski definition) is 1. The molecule has 3 nitrogen and oxygen atoms in total. The predicted molar refractivity (Wildman–Crippen MR) is 96.8 cm³/mol. The van der Waals surface area contributed by atoms with E-state index in [1.807, 2.05) is 6.92 Å². The maximum absolute atomic E-state index is 6.15. The second kappa shape index (κ2) is 9.39. The van der Waals surface area contributed by atoms with Crippen LogP contribution >= 0.6 is 12.4 Å². The summed E-state index contributed by atoms with van der Waals surface area (Å²) in [6, 6.07) is 7.12. The lowest BCUT2D eigenvalue weighted by Crippen LogP contribution is -2.25. The second-order valence-corrected chi connectivity index (χ2v) is 6.60. The maximum Gasteiger partial charge on any atom is 0.161 e. The van der Waals surface area contributed by atoms with Crippen molar-refractivity contribution in [2.24, 2.45) is 0 Å². The van der Waals surface area contributed by atoms with Crippen LogP contribution in [0.25, 0.3) is 0 Å². The monoisotopic (exact) mass is 339 g/mol. The molecule has 2 aliphatic carbocycles. The van der Waals surface area contributed by atoms with Crippen LogP contribution in [-0.2, 0) is 6.54 Å². The van der Waals surface area contributed by atoms with Crippen molar-refractivity contribution in [2.75, 3.05) is 6.61 Å². The summed E-state index contributed by atoms with van der Waals surface area (Å²) in [7, 11) is 0. The van der Waals surface area contributed by atoms with E-state index < -0.39 is 0 Å². The molecule has 1 aromatic carbocycles. The molecule has 0 unspecified atom stereocenters. The predicted octanol–water partition coefficient (Wildman–Crippen LogP) is 4.86. The van der Waals surface area contributed by atoms with Gasteiger partial charge in [-0.3, -0.25) is 0 Å². The zero-order chi connectivity index (χ0) is 15.2. The lowest BCUT2D eigenvalue weighted by molar-refractivity contribution is 0.196. The van der Waals surface area contributed by atoms with Gasteiger partial charge in [0.2, 0.25) is 0 Å². The Bertz CT molecular complexity index is 468. The molecule has 0 amide bonds. The fourth-order valence-electron chi connectivity index (χ4n) is 3.61. The summed E-state index contributed by atoms with van der Waals surface area (Å²) in [5.74, 6) is 1.82. The molecule has 0 aromatic heterocycles. The number of hydrogen-bond acceptors (Lipinski definition) is 3. The molecule has 3 rings (SSSR count). The summed E-state index contributed by atoms with van der Waals surface area (Å²) in [4.78, 5) is 0. The van der Waals surface area contributed by atoms with Crippen molar-refractivity contribution in [1.29, 1.82) is 0 Å². The molecule has 0 saturated heterocycles. The second-order valence-electron chi connectivity index (χ2n) is 6.60. The molecule has 0 radical (unpaired) electrons. The van der Waals surface area contributed by atoms with Crippen LogP contribution in [-0.4, -0.2) is 18.8 Å². The van der Waals surface area contributed by atoms with Crippen molar-refractivity contribution >= 4 is 12.4 Å². The molecule has 1 N–H and O–H groups in total. The maximum atomic E-state index is 6.15. The van der Waals surface area contributed by atoms with Crippen LogP contribution < -0.4 is 14.8 Å². The lowest BCUT2D eigenvalue weighted by Gasteiger charge is -2.18. The van der Waals surface area contributed by atoms with Crippen LogP contribution in [0, 0.1) is 0 Å². The number of ether oxygens (including phenoxy) is 2. The van der Waals surface area contributed by atoms with Gasteiger partial charge in [0, 0.05) is 12.6 Å². The topological polar surface area (TPSA) is 30.5 Å². The van der Waals surface area contributed by atoms with Crippen molar-refractivity contribution in [3.63, 3.8) is 0 Å². The molecule has 0 spiro atoms. The highest BCUT2D eigenvalue weighted by molar-refractivity contribution is 5.85. The molecule has 0 heterocycles. The third-order valence-corrected chi connectivity index (χ3v) is 4.85. The van der Waals surface area contributed by atoms with Gasteiger partial charge in [0.1, 0.15) is 0 Å². The Balaban J connectivity index is 0.00000192. The summed E-state index contributed by atoms with van der Waals surface area (Å²) in [6.07, 6.45) is 10.7. The van der Waals surface area contributed by atoms with E-state index in [0.717, 1.165) is 18.0 Å². The Morgan fingerprint density at radius 3 is 2.39 bits per heavy atom. The molecular weight excluding hydrogens is 310 g/mol. The molecule has 4 heteroatoms. The first kappa shape index (κ1) is 18.4. The first-order valence-corrected chi connectivity index (χ1v) is 9.01. The molecule has 0 atom stereocenters. The molecule has 23 heavy (non-hydrogen) atoms. The van der Waals surface area contributed by atoms with E-state index in [2.05, 4.69) is 23.5 Å². The van der Waals surface area contributed by atoms with E-state index in [1.54, 1.807) is 0 Å². The molecule has 2 aliphatic rings. The largest absolute Gasteiger partial charge is 0.490 e. The number of nitrogens with one attached hydrogen (secondary N) is 1. The van der Waals surface area contributed by atoms with Gasteiger partial charge in [0.25, 0.3) is 0 Å². The van der Waals surface area contributed by atoms with E-state index in [1.165, 1.54) is 56.9 Å². The normalized spacial score (nSPS) is 18.8. The molecule has 2 saturated carbocycles. The molecule has 130 valence electrons. The third kappa shape index (κ3) is 5.29. The van der Waals surface area contributed by atoms with Gasteiger partial charge >= 0.3 is 0 Å². The van der Waals surface area contributed by atoms with Crippen LogP contribution in [0.1, 0.15) is 63.9 Å². The van der Waals surface area contributed by atoms with Crippen LogP contribution in [0.5, 0.6) is 11.5 Å². The fraction of sp³-hybridized carbons (Fsp3) is 0.684. The standard InChI is InChI=1S/C19H29NO2.ClH/c1-2-21-19-13-15(14-20-16-7-3-4-8-16)11-12-18(19)22-17-9-5-6-10-17;/h11-13,16-17,20H,2-10,14H2,1H3;1H.